The Morgan fingerprint density at radius 3 is 2.60 bits per heavy atom. The fourth-order valence-corrected chi connectivity index (χ4v) is 1.27. The Morgan fingerprint density at radius 1 is 1.20 bits per heavy atom. The van der Waals surface area contributed by atoms with Gasteiger partial charge in [0.15, 0.2) is 0 Å². The maximum absolute atomic E-state index is 10.1. The number of unbranched alkanes of at least 4 members (excludes halogenated alkanes) is 1. The van der Waals surface area contributed by atoms with E-state index in [4.69, 9.17) is 0 Å². The fraction of sp³-hybridized carbons (Fsp3) is 0.636. The summed E-state index contributed by atoms with van der Waals surface area (Å²) in [6.07, 6.45) is 9.12. The molecule has 0 spiro atoms. The minimum absolute atomic E-state index is 0.0284. The molecule has 4 nitrogen and oxygen atoms in total. The molecule has 0 fully saturated rings. The van der Waals surface area contributed by atoms with Crippen molar-refractivity contribution in [2.75, 3.05) is 6.54 Å². The van der Waals surface area contributed by atoms with E-state index < -0.39 is 0 Å². The summed E-state index contributed by atoms with van der Waals surface area (Å²) >= 11 is 0. The summed E-state index contributed by atoms with van der Waals surface area (Å²) in [5, 5.41) is 0. The van der Waals surface area contributed by atoms with Crippen molar-refractivity contribution in [2.45, 2.75) is 38.1 Å². The van der Waals surface area contributed by atoms with Crippen LogP contribution < -0.4 is 0 Å². The smallest absolute Gasteiger partial charge is 0.211 e. The van der Waals surface area contributed by atoms with Gasteiger partial charge in [0.1, 0.15) is 0 Å². The van der Waals surface area contributed by atoms with E-state index in [0.29, 0.717) is 6.54 Å². The van der Waals surface area contributed by atoms with Crippen molar-refractivity contribution in [1.82, 2.24) is 0 Å². The highest BCUT2D eigenvalue weighted by molar-refractivity contribution is 5.33. The number of hydrogen-bond acceptors (Lipinski definition) is 4. The van der Waals surface area contributed by atoms with Crippen LogP contribution in [0.25, 0.3) is 0 Å². The minimum Gasteiger partial charge on any atom is -0.211 e. The van der Waals surface area contributed by atoms with Crippen LogP contribution >= 0.6 is 0 Å². The lowest BCUT2D eigenvalue weighted by atomic mass is 10.1. The fourth-order valence-electron chi connectivity index (χ4n) is 1.27. The van der Waals surface area contributed by atoms with E-state index >= 15 is 0 Å². The topological polar surface area (TPSA) is 58.9 Å². The predicted octanol–water partition coefficient (Wildman–Crippen LogP) is 2.16. The number of hydrogen-bond donors (Lipinski definition) is 0. The molecule has 15 heavy (non-hydrogen) atoms. The third kappa shape index (κ3) is 8.82. The number of aliphatic imine (C=N–C) groups is 2. The Hall–Kier alpha value is -1.50. The van der Waals surface area contributed by atoms with Crippen LogP contribution in [0.2, 0.25) is 0 Å². The monoisotopic (exact) mass is 208 g/mol. The molecule has 0 saturated carbocycles. The summed E-state index contributed by atoms with van der Waals surface area (Å²) in [7, 11) is 0. The quantitative estimate of drug-likeness (QED) is 0.252. The van der Waals surface area contributed by atoms with Gasteiger partial charge in [-0.25, -0.2) is 19.6 Å². The third-order valence-electron chi connectivity index (χ3n) is 2.06. The molecule has 0 aliphatic carbocycles. The largest absolute Gasteiger partial charge is 0.235 e. The zero-order valence-corrected chi connectivity index (χ0v) is 8.82. The number of nitrogens with zero attached hydrogens (tertiary/aromatic N) is 2. The lowest BCUT2D eigenvalue weighted by molar-refractivity contribution is 0.521. The van der Waals surface area contributed by atoms with Crippen molar-refractivity contribution in [3.05, 3.63) is 12.7 Å². The van der Waals surface area contributed by atoms with Gasteiger partial charge in [-0.1, -0.05) is 6.08 Å². The summed E-state index contributed by atoms with van der Waals surface area (Å²) in [4.78, 5) is 27.1. The number of allylic oxidation sites excluding steroid dienone is 1. The normalized spacial score (nSPS) is 10.9. The molecule has 0 aliphatic rings. The number of isocyanates is 2. The first-order valence-corrected chi connectivity index (χ1v) is 5.06. The molecule has 1 unspecified atom stereocenters. The first-order chi connectivity index (χ1) is 7.35. The Kier molecular flexibility index (Phi) is 9.52. The maximum Gasteiger partial charge on any atom is 0.235 e. The van der Waals surface area contributed by atoms with Crippen molar-refractivity contribution in [2.24, 2.45) is 9.98 Å². The van der Waals surface area contributed by atoms with E-state index in [1.165, 1.54) is 6.08 Å². The Morgan fingerprint density at radius 2 is 2.00 bits per heavy atom. The summed E-state index contributed by atoms with van der Waals surface area (Å²) in [5.74, 6) is 0. The van der Waals surface area contributed by atoms with Gasteiger partial charge in [-0.15, -0.1) is 6.58 Å². The van der Waals surface area contributed by atoms with Gasteiger partial charge in [-0.05, 0) is 32.1 Å². The molecule has 0 saturated heterocycles. The maximum atomic E-state index is 10.1. The van der Waals surface area contributed by atoms with Gasteiger partial charge >= 0.3 is 0 Å². The highest BCUT2D eigenvalue weighted by Crippen LogP contribution is 2.10. The van der Waals surface area contributed by atoms with E-state index in [2.05, 4.69) is 16.6 Å². The second-order valence-electron chi connectivity index (χ2n) is 3.21. The van der Waals surface area contributed by atoms with Crippen molar-refractivity contribution < 1.29 is 9.59 Å². The van der Waals surface area contributed by atoms with E-state index in [-0.39, 0.29) is 6.04 Å². The third-order valence-corrected chi connectivity index (χ3v) is 2.06. The molecule has 0 amide bonds. The molecule has 1 atom stereocenters. The summed E-state index contributed by atoms with van der Waals surface area (Å²) in [5.41, 5.74) is 0. The van der Waals surface area contributed by atoms with Crippen molar-refractivity contribution in [1.29, 1.82) is 0 Å². The van der Waals surface area contributed by atoms with Gasteiger partial charge in [0, 0.05) is 0 Å². The lowest BCUT2D eigenvalue weighted by Gasteiger charge is -2.07. The number of carbonyl (C=O) groups excluding carboxylic acids is 2. The average Bonchev–Trinajstić information content (AvgIpc) is 2.25. The van der Waals surface area contributed by atoms with Gasteiger partial charge < -0.3 is 0 Å². The van der Waals surface area contributed by atoms with Crippen LogP contribution in [0.1, 0.15) is 32.1 Å². The lowest BCUT2D eigenvalue weighted by Crippen LogP contribution is -2.03. The minimum atomic E-state index is 0.0284. The molecule has 82 valence electrons. The van der Waals surface area contributed by atoms with E-state index in [1.807, 2.05) is 6.08 Å². The molecule has 0 aromatic heterocycles. The van der Waals surface area contributed by atoms with Gasteiger partial charge in [-0.3, -0.25) is 0 Å². The first kappa shape index (κ1) is 13.5. The SMILES string of the molecule is C=CCCC(CCCCN=C=O)N=C=O. The van der Waals surface area contributed by atoms with Crippen LogP contribution in [-0.4, -0.2) is 24.7 Å². The summed E-state index contributed by atoms with van der Waals surface area (Å²) < 4.78 is 0. The van der Waals surface area contributed by atoms with Crippen LogP contribution in [0.5, 0.6) is 0 Å². The van der Waals surface area contributed by atoms with Crippen molar-refractivity contribution >= 4 is 12.2 Å². The van der Waals surface area contributed by atoms with Crippen LogP contribution in [0.3, 0.4) is 0 Å². The van der Waals surface area contributed by atoms with E-state index in [9.17, 15) is 9.59 Å². The molecule has 0 aromatic rings. The molecule has 0 bridgehead atoms. The molecule has 0 aromatic carbocycles. The van der Waals surface area contributed by atoms with Gasteiger partial charge in [0.25, 0.3) is 0 Å². The molecule has 0 aliphatic heterocycles. The second-order valence-corrected chi connectivity index (χ2v) is 3.21. The molecule has 4 heteroatoms. The molecule has 0 rings (SSSR count). The zero-order chi connectivity index (χ0) is 11.4. The van der Waals surface area contributed by atoms with Crippen molar-refractivity contribution in [3.63, 3.8) is 0 Å². The van der Waals surface area contributed by atoms with Gasteiger partial charge in [-0.2, -0.15) is 0 Å². The predicted molar refractivity (Wildman–Crippen MR) is 58.2 cm³/mol. The van der Waals surface area contributed by atoms with E-state index in [0.717, 1.165) is 32.1 Å². The Labute approximate surface area is 89.8 Å². The average molecular weight is 208 g/mol. The van der Waals surface area contributed by atoms with Crippen LogP contribution in [0, 0.1) is 0 Å². The molecule has 0 radical (unpaired) electrons. The summed E-state index contributed by atoms with van der Waals surface area (Å²) in [6.45, 7) is 4.12. The van der Waals surface area contributed by atoms with Crippen molar-refractivity contribution in [3.8, 4) is 0 Å². The van der Waals surface area contributed by atoms with E-state index in [1.54, 1.807) is 6.08 Å². The number of rotatable bonds is 9. The highest BCUT2D eigenvalue weighted by Gasteiger charge is 2.04. The Bertz CT molecular complexity index is 264. The van der Waals surface area contributed by atoms with Crippen LogP contribution in [0.15, 0.2) is 22.6 Å². The molecule has 0 N–H and O–H groups in total. The molecular weight excluding hydrogens is 192 g/mol. The first-order valence-electron chi connectivity index (χ1n) is 5.06. The van der Waals surface area contributed by atoms with Crippen LogP contribution in [0.4, 0.5) is 0 Å². The Balaban J connectivity index is 3.69. The summed E-state index contributed by atoms with van der Waals surface area (Å²) in [6, 6.07) is 0.0284. The van der Waals surface area contributed by atoms with Gasteiger partial charge in [0.2, 0.25) is 12.2 Å². The van der Waals surface area contributed by atoms with Gasteiger partial charge in [0.05, 0.1) is 12.6 Å². The standard InChI is InChI=1S/C11H16N2O2/c1-2-3-6-11(13-10-15)7-4-5-8-12-9-14/h2,11H,1,3-8H2. The molecule has 0 heterocycles. The second kappa shape index (κ2) is 10.6. The van der Waals surface area contributed by atoms with Crippen LogP contribution in [-0.2, 0) is 9.59 Å². The zero-order valence-electron chi connectivity index (χ0n) is 8.82. The molecular formula is C11H16N2O2. The highest BCUT2D eigenvalue weighted by atomic mass is 16.1.